The van der Waals surface area contributed by atoms with Crippen molar-refractivity contribution in [1.82, 2.24) is 0 Å². The fourth-order valence-electron chi connectivity index (χ4n) is 2.24. The predicted octanol–water partition coefficient (Wildman–Crippen LogP) is 3.14. The molecular weight excluding hydrogens is 306 g/mol. The average Bonchev–Trinajstić information content (AvgIpc) is 2.62. The van der Waals surface area contributed by atoms with Crippen molar-refractivity contribution in [2.45, 2.75) is 13.5 Å². The van der Waals surface area contributed by atoms with Crippen LogP contribution in [0.5, 0.6) is 5.75 Å². The molecule has 0 aromatic heterocycles. The summed E-state index contributed by atoms with van der Waals surface area (Å²) in [7, 11) is 2.85. The molecule has 0 bridgehead atoms. The molecule has 2 rings (SSSR count). The summed E-state index contributed by atoms with van der Waals surface area (Å²) in [6.45, 7) is 2.39. The lowest BCUT2D eigenvalue weighted by molar-refractivity contribution is -0.132. The van der Waals surface area contributed by atoms with E-state index in [0.717, 1.165) is 16.9 Å². The summed E-state index contributed by atoms with van der Waals surface area (Å²) in [5.41, 5.74) is 2.80. The number of hydrogen-bond acceptors (Lipinski definition) is 5. The number of carbonyl (C=O) groups excluding carboxylic acids is 1. The maximum absolute atomic E-state index is 12.0. The van der Waals surface area contributed by atoms with Crippen molar-refractivity contribution < 1.29 is 19.0 Å². The van der Waals surface area contributed by atoms with Crippen molar-refractivity contribution in [2.75, 3.05) is 21.0 Å². The van der Waals surface area contributed by atoms with Crippen LogP contribution in [0, 0.1) is 6.92 Å². The Morgan fingerprint density at radius 1 is 1.04 bits per heavy atom. The second-order valence-electron chi connectivity index (χ2n) is 5.13. The van der Waals surface area contributed by atoms with Gasteiger partial charge in [-0.25, -0.2) is 9.79 Å². The lowest BCUT2D eigenvalue weighted by atomic mass is 10.0. The van der Waals surface area contributed by atoms with E-state index in [2.05, 4.69) is 4.99 Å². The Labute approximate surface area is 141 Å². The van der Waals surface area contributed by atoms with Gasteiger partial charge in [0.1, 0.15) is 19.1 Å². The van der Waals surface area contributed by atoms with Crippen molar-refractivity contribution in [3.05, 3.63) is 65.2 Å². The molecule has 126 valence electrons. The van der Waals surface area contributed by atoms with Gasteiger partial charge in [-0.2, -0.15) is 0 Å². The molecule has 0 amide bonds. The van der Waals surface area contributed by atoms with Gasteiger partial charge < -0.3 is 14.2 Å². The molecule has 0 aliphatic carbocycles. The number of benzene rings is 2. The van der Waals surface area contributed by atoms with E-state index in [1.165, 1.54) is 14.2 Å². The molecule has 0 saturated heterocycles. The highest BCUT2D eigenvalue weighted by Gasteiger charge is 2.18. The van der Waals surface area contributed by atoms with Gasteiger partial charge in [0.15, 0.2) is 5.71 Å². The quantitative estimate of drug-likeness (QED) is 0.579. The highest BCUT2D eigenvalue weighted by molar-refractivity contribution is 6.43. The number of ether oxygens (including phenoxy) is 3. The van der Waals surface area contributed by atoms with E-state index in [4.69, 9.17) is 14.2 Å². The lowest BCUT2D eigenvalue weighted by Crippen LogP contribution is -2.20. The molecule has 0 unspecified atom stereocenters. The van der Waals surface area contributed by atoms with Crippen LogP contribution in [0.2, 0.25) is 0 Å². The molecule has 0 N–H and O–H groups in total. The van der Waals surface area contributed by atoms with Gasteiger partial charge in [0.2, 0.25) is 0 Å². The molecule has 0 fully saturated rings. The van der Waals surface area contributed by atoms with Crippen LogP contribution in [0.3, 0.4) is 0 Å². The Balaban J connectivity index is 2.28. The number of esters is 1. The van der Waals surface area contributed by atoms with Gasteiger partial charge in [-0.05, 0) is 24.1 Å². The van der Waals surface area contributed by atoms with Crippen LogP contribution in [-0.4, -0.2) is 32.6 Å². The molecule has 5 heteroatoms. The van der Waals surface area contributed by atoms with Crippen LogP contribution >= 0.6 is 0 Å². The van der Waals surface area contributed by atoms with E-state index in [9.17, 15) is 4.79 Å². The number of aryl methyl sites for hydroxylation is 1. The molecule has 2 aromatic carbocycles. The zero-order valence-corrected chi connectivity index (χ0v) is 14.1. The van der Waals surface area contributed by atoms with Crippen LogP contribution < -0.4 is 4.74 Å². The van der Waals surface area contributed by atoms with Gasteiger partial charge in [0.25, 0.3) is 0 Å². The third-order valence-electron chi connectivity index (χ3n) is 3.48. The Kier molecular flexibility index (Phi) is 6.51. The average molecular weight is 327 g/mol. The normalized spacial score (nSPS) is 11.2. The van der Waals surface area contributed by atoms with Gasteiger partial charge in [-0.1, -0.05) is 42.5 Å². The molecule has 0 aliphatic rings. The first kappa shape index (κ1) is 17.7. The summed E-state index contributed by atoms with van der Waals surface area (Å²) in [5.74, 6) is 0.302. The van der Waals surface area contributed by atoms with E-state index in [0.29, 0.717) is 12.2 Å². The number of nitrogens with zero attached hydrogens (tertiary/aromatic N) is 1. The molecule has 24 heavy (non-hydrogen) atoms. The van der Waals surface area contributed by atoms with Crippen molar-refractivity contribution >= 4 is 11.7 Å². The number of hydrogen-bond donors (Lipinski definition) is 0. The largest absolute Gasteiger partial charge is 0.489 e. The SMILES string of the molecule is COC/N=C(\C(=O)OC)c1ccccc1COc1ccccc1C. The number of rotatable bonds is 7. The first-order chi connectivity index (χ1) is 11.7. The molecule has 0 saturated carbocycles. The fourth-order valence-corrected chi connectivity index (χ4v) is 2.24. The second kappa shape index (κ2) is 8.84. The van der Waals surface area contributed by atoms with Crippen LogP contribution in [0.1, 0.15) is 16.7 Å². The number of methoxy groups -OCH3 is 2. The molecule has 0 heterocycles. The van der Waals surface area contributed by atoms with E-state index in [1.807, 2.05) is 55.5 Å². The third kappa shape index (κ3) is 4.43. The zero-order valence-electron chi connectivity index (χ0n) is 14.1. The van der Waals surface area contributed by atoms with Crippen molar-refractivity contribution in [3.8, 4) is 5.75 Å². The Bertz CT molecular complexity index is 725. The maximum atomic E-state index is 12.0. The Hall–Kier alpha value is -2.66. The van der Waals surface area contributed by atoms with Crippen LogP contribution in [0.15, 0.2) is 53.5 Å². The van der Waals surface area contributed by atoms with Gasteiger partial charge in [-0.3, -0.25) is 0 Å². The third-order valence-corrected chi connectivity index (χ3v) is 3.48. The van der Waals surface area contributed by atoms with Crippen molar-refractivity contribution in [3.63, 3.8) is 0 Å². The smallest absolute Gasteiger partial charge is 0.356 e. The highest BCUT2D eigenvalue weighted by atomic mass is 16.5. The highest BCUT2D eigenvalue weighted by Crippen LogP contribution is 2.19. The standard InChI is InChI=1S/C19H21NO4/c1-14-8-4-7-11-17(14)24-12-15-9-5-6-10-16(15)18(19(21)23-3)20-13-22-2/h4-11H,12-13H2,1-3H3/b20-18-. The van der Waals surface area contributed by atoms with Gasteiger partial charge >= 0.3 is 5.97 Å². The summed E-state index contributed by atoms with van der Waals surface area (Å²) >= 11 is 0. The number of aliphatic imine (C=N–C) groups is 1. The molecular formula is C19H21NO4. The fraction of sp³-hybridized carbons (Fsp3) is 0.263. The van der Waals surface area contributed by atoms with Gasteiger partial charge in [0.05, 0.1) is 7.11 Å². The minimum atomic E-state index is -0.504. The summed E-state index contributed by atoms with van der Waals surface area (Å²) in [6.07, 6.45) is 0. The first-order valence-corrected chi connectivity index (χ1v) is 7.55. The Morgan fingerprint density at radius 2 is 1.75 bits per heavy atom. The summed E-state index contributed by atoms with van der Waals surface area (Å²) in [6, 6.07) is 15.3. The molecule has 0 radical (unpaired) electrons. The molecule has 0 atom stereocenters. The van der Waals surface area contributed by atoms with E-state index >= 15 is 0 Å². The molecule has 5 nitrogen and oxygen atoms in total. The monoisotopic (exact) mass is 327 g/mol. The minimum absolute atomic E-state index is 0.0808. The molecule has 2 aromatic rings. The van der Waals surface area contributed by atoms with Crippen LogP contribution in [0.25, 0.3) is 0 Å². The number of para-hydroxylation sites is 1. The van der Waals surface area contributed by atoms with E-state index < -0.39 is 5.97 Å². The second-order valence-corrected chi connectivity index (χ2v) is 5.13. The summed E-state index contributed by atoms with van der Waals surface area (Å²) in [4.78, 5) is 16.2. The lowest BCUT2D eigenvalue weighted by Gasteiger charge is -2.13. The maximum Gasteiger partial charge on any atom is 0.356 e. The first-order valence-electron chi connectivity index (χ1n) is 7.55. The zero-order chi connectivity index (χ0) is 17.4. The summed E-state index contributed by atoms with van der Waals surface area (Å²) < 4.78 is 15.7. The van der Waals surface area contributed by atoms with Crippen molar-refractivity contribution in [1.29, 1.82) is 0 Å². The van der Waals surface area contributed by atoms with Gasteiger partial charge in [-0.15, -0.1) is 0 Å². The summed E-state index contributed by atoms with van der Waals surface area (Å²) in [5, 5.41) is 0. The minimum Gasteiger partial charge on any atom is -0.489 e. The van der Waals surface area contributed by atoms with Crippen LogP contribution in [0.4, 0.5) is 0 Å². The molecule has 0 spiro atoms. The van der Waals surface area contributed by atoms with Gasteiger partial charge in [0, 0.05) is 12.7 Å². The van der Waals surface area contributed by atoms with Crippen molar-refractivity contribution in [2.24, 2.45) is 4.99 Å². The number of carbonyl (C=O) groups is 1. The molecule has 0 aliphatic heterocycles. The van der Waals surface area contributed by atoms with E-state index in [1.54, 1.807) is 0 Å². The Morgan fingerprint density at radius 3 is 2.46 bits per heavy atom. The van der Waals surface area contributed by atoms with E-state index in [-0.39, 0.29) is 12.4 Å². The predicted molar refractivity (Wildman–Crippen MR) is 92.4 cm³/mol. The van der Waals surface area contributed by atoms with Crippen LogP contribution in [-0.2, 0) is 20.9 Å². The topological polar surface area (TPSA) is 57.1 Å².